The summed E-state index contributed by atoms with van der Waals surface area (Å²) in [6.07, 6.45) is -4.80. The Morgan fingerprint density at radius 3 is 2.36 bits per heavy atom. The number of anilines is 1. The first kappa shape index (κ1) is 25.9. The molecule has 2 N–H and O–H groups in total. The number of halogens is 7. The van der Waals surface area contributed by atoms with E-state index in [1.54, 1.807) is 6.07 Å². The van der Waals surface area contributed by atoms with Crippen LogP contribution >= 0.6 is 68.4 Å². The van der Waals surface area contributed by atoms with Crippen molar-refractivity contribution in [3.05, 3.63) is 88.0 Å². The molecule has 11 heteroatoms. The Hall–Kier alpha value is -1.75. The van der Waals surface area contributed by atoms with E-state index in [0.29, 0.717) is 7.14 Å². The van der Waals surface area contributed by atoms with Crippen molar-refractivity contribution >= 4 is 80.0 Å². The summed E-state index contributed by atoms with van der Waals surface area (Å²) in [6.45, 7) is 0. The molecule has 1 amide bonds. The van der Waals surface area contributed by atoms with Crippen molar-refractivity contribution in [3.63, 3.8) is 0 Å². The third-order valence-corrected chi connectivity index (χ3v) is 6.79. The van der Waals surface area contributed by atoms with Crippen LogP contribution in [-0.2, 0) is 6.18 Å². The third kappa shape index (κ3) is 5.85. The number of rotatable bonds is 4. The second kappa shape index (κ2) is 10.2. The lowest BCUT2D eigenvalue weighted by Crippen LogP contribution is -2.16. The topological polar surface area (TPSA) is 73.1 Å². The van der Waals surface area contributed by atoms with E-state index < -0.39 is 23.6 Å². The van der Waals surface area contributed by atoms with Crippen LogP contribution in [0.2, 0.25) is 10.0 Å². The molecule has 1 unspecified atom stereocenters. The molecule has 0 aromatic heterocycles. The summed E-state index contributed by atoms with van der Waals surface area (Å²) in [5, 5.41) is 22.5. The zero-order valence-corrected chi connectivity index (χ0v) is 22.0. The fourth-order valence-electron chi connectivity index (χ4n) is 3.08. The van der Waals surface area contributed by atoms with Crippen LogP contribution in [0, 0.1) is 18.5 Å². The number of alkyl halides is 3. The lowest BCUT2D eigenvalue weighted by atomic mass is 9.88. The molecule has 0 bridgehead atoms. The number of hydrogen-bond donors (Lipinski definition) is 2. The molecular weight excluding hydrogens is 706 g/mol. The highest BCUT2D eigenvalue weighted by molar-refractivity contribution is 14.1. The van der Waals surface area contributed by atoms with Crippen LogP contribution in [0.15, 0.2) is 48.5 Å². The van der Waals surface area contributed by atoms with E-state index in [4.69, 9.17) is 23.2 Å². The van der Waals surface area contributed by atoms with Gasteiger partial charge in [-0.3, -0.25) is 4.79 Å². The van der Waals surface area contributed by atoms with Gasteiger partial charge in [0, 0.05) is 9.26 Å². The van der Waals surface area contributed by atoms with Gasteiger partial charge in [-0.25, -0.2) is 0 Å². The van der Waals surface area contributed by atoms with Crippen LogP contribution in [-0.4, -0.2) is 11.0 Å². The van der Waals surface area contributed by atoms with Gasteiger partial charge in [-0.15, -0.1) is 0 Å². The third-order valence-electron chi connectivity index (χ3n) is 4.61. The summed E-state index contributed by atoms with van der Waals surface area (Å²) in [6, 6.07) is 12.3. The molecule has 0 saturated carbocycles. The number of nitriles is 1. The number of amides is 1. The van der Waals surface area contributed by atoms with Crippen molar-refractivity contribution in [1.29, 1.82) is 5.26 Å². The van der Waals surface area contributed by atoms with Gasteiger partial charge >= 0.3 is 6.18 Å². The minimum absolute atomic E-state index is 0.0744. The number of hydrogen-bond acceptors (Lipinski definition) is 3. The summed E-state index contributed by atoms with van der Waals surface area (Å²) in [5.74, 6) is -2.32. The monoisotopic (exact) mass is 716 g/mol. The van der Waals surface area contributed by atoms with Crippen molar-refractivity contribution in [3.8, 4) is 11.8 Å². The molecular formula is C22H11Cl2F3I2N2O2. The van der Waals surface area contributed by atoms with Crippen LogP contribution in [0.1, 0.15) is 33.0 Å². The zero-order chi connectivity index (χ0) is 24.5. The van der Waals surface area contributed by atoms with Crippen LogP contribution in [0.3, 0.4) is 0 Å². The summed E-state index contributed by atoms with van der Waals surface area (Å²) in [5.41, 5.74) is -1.36. The van der Waals surface area contributed by atoms with Crippen LogP contribution in [0.25, 0.3) is 0 Å². The maximum atomic E-state index is 13.9. The lowest BCUT2D eigenvalue weighted by Gasteiger charge is -2.19. The predicted molar refractivity (Wildman–Crippen MR) is 137 cm³/mol. The van der Waals surface area contributed by atoms with Crippen molar-refractivity contribution in [2.75, 3.05) is 5.32 Å². The number of nitrogens with zero attached hydrogens (tertiary/aromatic N) is 1. The quantitative estimate of drug-likeness (QED) is 0.271. The fourth-order valence-corrected chi connectivity index (χ4v) is 5.24. The average Bonchev–Trinajstić information content (AvgIpc) is 2.73. The molecule has 0 aliphatic carbocycles. The maximum Gasteiger partial charge on any atom is 0.416 e. The minimum Gasteiger partial charge on any atom is -0.506 e. The van der Waals surface area contributed by atoms with Crippen molar-refractivity contribution in [2.24, 2.45) is 0 Å². The summed E-state index contributed by atoms with van der Waals surface area (Å²) in [4.78, 5) is 12.6. The summed E-state index contributed by atoms with van der Waals surface area (Å²) in [7, 11) is 0. The first-order chi connectivity index (χ1) is 15.4. The second-order valence-corrected chi connectivity index (χ2v) is 10.00. The first-order valence-corrected chi connectivity index (χ1v) is 11.9. The Kier molecular flexibility index (Phi) is 8.03. The molecule has 0 radical (unpaired) electrons. The largest absolute Gasteiger partial charge is 0.506 e. The minimum atomic E-state index is -4.80. The number of benzene rings is 3. The Labute approximate surface area is 224 Å². The molecule has 0 aliphatic heterocycles. The molecule has 0 spiro atoms. The van der Waals surface area contributed by atoms with Gasteiger partial charge in [0.05, 0.1) is 36.7 Å². The van der Waals surface area contributed by atoms with Gasteiger partial charge in [0.15, 0.2) is 0 Å². The number of aromatic hydroxyl groups is 1. The highest BCUT2D eigenvalue weighted by Crippen LogP contribution is 2.40. The maximum absolute atomic E-state index is 13.9. The van der Waals surface area contributed by atoms with E-state index in [2.05, 4.69) is 5.32 Å². The fraction of sp³-hybridized carbons (Fsp3) is 0.0909. The molecule has 0 saturated heterocycles. The predicted octanol–water partition coefficient (Wildman–Crippen LogP) is 7.83. The van der Waals surface area contributed by atoms with Crippen molar-refractivity contribution in [1.82, 2.24) is 0 Å². The average molecular weight is 717 g/mol. The molecule has 33 heavy (non-hydrogen) atoms. The Bertz CT molecular complexity index is 1290. The molecule has 0 fully saturated rings. The molecule has 1 atom stereocenters. The van der Waals surface area contributed by atoms with E-state index in [-0.39, 0.29) is 38.2 Å². The van der Waals surface area contributed by atoms with Gasteiger partial charge in [-0.1, -0.05) is 35.3 Å². The number of phenolic OH excluding ortho intramolecular Hbond substituents is 1. The van der Waals surface area contributed by atoms with Gasteiger partial charge in [0.1, 0.15) is 5.75 Å². The van der Waals surface area contributed by atoms with Gasteiger partial charge < -0.3 is 10.4 Å². The Morgan fingerprint density at radius 2 is 1.76 bits per heavy atom. The van der Waals surface area contributed by atoms with E-state index in [1.807, 2.05) is 51.3 Å². The van der Waals surface area contributed by atoms with E-state index in [9.17, 15) is 28.3 Å². The van der Waals surface area contributed by atoms with E-state index in [1.165, 1.54) is 30.3 Å². The van der Waals surface area contributed by atoms with Gasteiger partial charge in [-0.2, -0.15) is 18.4 Å². The van der Waals surface area contributed by atoms with E-state index in [0.717, 1.165) is 12.1 Å². The number of carbonyl (C=O) groups is 1. The van der Waals surface area contributed by atoms with Crippen LogP contribution in [0.5, 0.6) is 5.75 Å². The first-order valence-electron chi connectivity index (χ1n) is 8.97. The Balaban J connectivity index is 2.03. The summed E-state index contributed by atoms with van der Waals surface area (Å²) < 4.78 is 42.8. The molecule has 0 aliphatic rings. The Morgan fingerprint density at radius 1 is 1.06 bits per heavy atom. The molecule has 0 heterocycles. The number of phenols is 1. The van der Waals surface area contributed by atoms with Crippen molar-refractivity contribution in [2.45, 2.75) is 12.1 Å². The standard InChI is InChI=1S/C22H11Cl2F3I2N2O2/c23-17-4-1-10(5-18(17)24)15(9-30)13-3-2-12(8-16(13)22(25,26)27)31-21(33)14-6-11(28)7-19(29)20(14)32/h1-8,15,32H,(H,31,33). The smallest absolute Gasteiger partial charge is 0.416 e. The summed E-state index contributed by atoms with van der Waals surface area (Å²) >= 11 is 15.7. The number of nitrogens with one attached hydrogen (secondary N) is 1. The molecule has 170 valence electrons. The zero-order valence-electron chi connectivity index (χ0n) is 16.1. The second-order valence-electron chi connectivity index (χ2n) is 6.77. The SMILES string of the molecule is N#CC(c1ccc(Cl)c(Cl)c1)c1ccc(NC(=O)c2cc(I)cc(I)c2O)cc1C(F)(F)F. The molecule has 3 aromatic rings. The molecule has 4 nitrogen and oxygen atoms in total. The van der Waals surface area contributed by atoms with Crippen LogP contribution in [0.4, 0.5) is 18.9 Å². The normalized spacial score (nSPS) is 12.2. The number of carbonyl (C=O) groups excluding carboxylic acids is 1. The van der Waals surface area contributed by atoms with Gasteiger partial charge in [0.2, 0.25) is 0 Å². The lowest BCUT2D eigenvalue weighted by molar-refractivity contribution is -0.138. The van der Waals surface area contributed by atoms with Gasteiger partial charge in [0.25, 0.3) is 5.91 Å². The molecule has 3 rings (SSSR count). The van der Waals surface area contributed by atoms with Gasteiger partial charge in [-0.05, 0) is 92.7 Å². The highest BCUT2D eigenvalue weighted by atomic mass is 127. The molecule has 3 aromatic carbocycles. The van der Waals surface area contributed by atoms with Crippen LogP contribution < -0.4 is 5.32 Å². The van der Waals surface area contributed by atoms with E-state index >= 15 is 0 Å². The highest BCUT2D eigenvalue weighted by Gasteiger charge is 2.36. The van der Waals surface area contributed by atoms with Crippen molar-refractivity contribution < 1.29 is 23.1 Å².